The number of amides is 1. The molecular weight excluding hydrogens is 108 g/mol. The van der Waals surface area contributed by atoms with Crippen LogP contribution in [0.3, 0.4) is 0 Å². The van der Waals surface area contributed by atoms with Crippen LogP contribution in [0.1, 0.15) is 6.42 Å². The lowest BCUT2D eigenvalue weighted by atomic mass is 10.3. The van der Waals surface area contributed by atoms with Crippen molar-refractivity contribution in [2.24, 2.45) is 5.90 Å². The maximum atomic E-state index is 10.5. The molecule has 0 aliphatic carbocycles. The molecular formula is C4H8N2O2. The highest BCUT2D eigenvalue weighted by atomic mass is 16.6. The average Bonchev–Trinajstić information content (AvgIpc) is 2.14. The molecule has 1 heterocycles. The molecule has 1 saturated heterocycles. The molecule has 4 heteroatoms. The van der Waals surface area contributed by atoms with E-state index in [2.05, 4.69) is 10.2 Å². The molecule has 46 valence electrons. The monoisotopic (exact) mass is 116 g/mol. The topological polar surface area (TPSA) is 64.3 Å². The van der Waals surface area contributed by atoms with Crippen molar-refractivity contribution in [3.05, 3.63) is 0 Å². The van der Waals surface area contributed by atoms with Gasteiger partial charge in [-0.3, -0.25) is 9.63 Å². The van der Waals surface area contributed by atoms with E-state index < -0.39 is 6.10 Å². The minimum Gasteiger partial charge on any atom is -0.354 e. The Morgan fingerprint density at radius 1 is 1.88 bits per heavy atom. The maximum Gasteiger partial charge on any atom is 0.251 e. The van der Waals surface area contributed by atoms with Gasteiger partial charge in [0, 0.05) is 13.0 Å². The molecule has 1 unspecified atom stereocenters. The normalized spacial score (nSPS) is 28.1. The van der Waals surface area contributed by atoms with Gasteiger partial charge in [0.2, 0.25) is 0 Å². The molecule has 0 aromatic carbocycles. The van der Waals surface area contributed by atoms with E-state index in [-0.39, 0.29) is 5.91 Å². The van der Waals surface area contributed by atoms with Crippen molar-refractivity contribution in [3.63, 3.8) is 0 Å². The lowest BCUT2D eigenvalue weighted by molar-refractivity contribution is -0.129. The third kappa shape index (κ3) is 0.801. The van der Waals surface area contributed by atoms with Crippen molar-refractivity contribution in [2.75, 3.05) is 6.54 Å². The van der Waals surface area contributed by atoms with Crippen molar-refractivity contribution in [2.45, 2.75) is 12.5 Å². The summed E-state index contributed by atoms with van der Waals surface area (Å²) in [5.41, 5.74) is 0. The van der Waals surface area contributed by atoms with Gasteiger partial charge in [-0.25, -0.2) is 5.90 Å². The van der Waals surface area contributed by atoms with Gasteiger partial charge in [0.25, 0.3) is 5.91 Å². The number of hydrogen-bond donors (Lipinski definition) is 2. The first kappa shape index (κ1) is 5.53. The minimum atomic E-state index is -0.407. The molecule has 8 heavy (non-hydrogen) atoms. The Morgan fingerprint density at radius 3 is 2.88 bits per heavy atom. The van der Waals surface area contributed by atoms with Crippen LogP contribution in [-0.2, 0) is 9.63 Å². The quantitative estimate of drug-likeness (QED) is 0.421. The Bertz CT molecular complexity index is 104. The third-order valence-electron chi connectivity index (χ3n) is 1.16. The summed E-state index contributed by atoms with van der Waals surface area (Å²) in [5, 5.41) is 2.58. The first-order chi connectivity index (χ1) is 3.84. The van der Waals surface area contributed by atoms with Gasteiger partial charge in [0.05, 0.1) is 0 Å². The molecule has 1 amide bonds. The van der Waals surface area contributed by atoms with Crippen LogP contribution < -0.4 is 11.2 Å². The highest BCUT2D eigenvalue weighted by Crippen LogP contribution is 2.00. The van der Waals surface area contributed by atoms with Crippen LogP contribution in [-0.4, -0.2) is 18.6 Å². The lowest BCUT2D eigenvalue weighted by Gasteiger charge is -1.98. The van der Waals surface area contributed by atoms with E-state index in [9.17, 15) is 4.79 Å². The zero-order valence-corrected chi connectivity index (χ0v) is 4.39. The van der Waals surface area contributed by atoms with Crippen molar-refractivity contribution in [1.29, 1.82) is 0 Å². The van der Waals surface area contributed by atoms with Gasteiger partial charge in [-0.05, 0) is 0 Å². The molecule has 0 bridgehead atoms. The highest BCUT2D eigenvalue weighted by Gasteiger charge is 2.23. The van der Waals surface area contributed by atoms with Gasteiger partial charge in [-0.1, -0.05) is 0 Å². The second kappa shape index (κ2) is 2.11. The molecule has 4 nitrogen and oxygen atoms in total. The van der Waals surface area contributed by atoms with Gasteiger partial charge >= 0.3 is 0 Å². The fraction of sp³-hybridized carbons (Fsp3) is 0.750. The molecule has 3 N–H and O–H groups in total. The van der Waals surface area contributed by atoms with Crippen molar-refractivity contribution in [1.82, 2.24) is 5.32 Å². The molecule has 0 aromatic rings. The summed E-state index contributed by atoms with van der Waals surface area (Å²) in [6.07, 6.45) is 0.282. The molecule has 1 aliphatic rings. The Kier molecular flexibility index (Phi) is 1.45. The second-order valence-electron chi connectivity index (χ2n) is 1.70. The van der Waals surface area contributed by atoms with Gasteiger partial charge < -0.3 is 5.32 Å². The zero-order chi connectivity index (χ0) is 5.98. The minimum absolute atomic E-state index is 0.104. The molecule has 1 atom stereocenters. The first-order valence-electron chi connectivity index (χ1n) is 2.48. The Labute approximate surface area is 46.9 Å². The van der Waals surface area contributed by atoms with Gasteiger partial charge in [0.15, 0.2) is 6.10 Å². The number of carbonyl (C=O) groups is 1. The Morgan fingerprint density at radius 2 is 2.62 bits per heavy atom. The fourth-order valence-electron chi connectivity index (χ4n) is 0.701. The van der Waals surface area contributed by atoms with E-state index in [1.165, 1.54) is 0 Å². The van der Waals surface area contributed by atoms with Crippen molar-refractivity contribution < 1.29 is 9.63 Å². The summed E-state index contributed by atoms with van der Waals surface area (Å²) in [5.74, 6) is 4.66. The maximum absolute atomic E-state index is 10.5. The molecule has 1 rings (SSSR count). The molecule has 0 spiro atoms. The summed E-state index contributed by atoms with van der Waals surface area (Å²) in [6, 6.07) is 0. The van der Waals surface area contributed by atoms with E-state index in [0.29, 0.717) is 13.0 Å². The summed E-state index contributed by atoms with van der Waals surface area (Å²) >= 11 is 0. The molecule has 1 fully saturated rings. The van der Waals surface area contributed by atoms with Crippen molar-refractivity contribution in [3.8, 4) is 0 Å². The fourth-order valence-corrected chi connectivity index (χ4v) is 0.701. The summed E-state index contributed by atoms with van der Waals surface area (Å²) in [7, 11) is 0. The third-order valence-corrected chi connectivity index (χ3v) is 1.16. The summed E-state index contributed by atoms with van der Waals surface area (Å²) in [4.78, 5) is 14.8. The largest absolute Gasteiger partial charge is 0.354 e. The predicted octanol–water partition coefficient (Wildman–Crippen LogP) is -1.23. The van der Waals surface area contributed by atoms with Gasteiger partial charge in [-0.2, -0.15) is 0 Å². The highest BCUT2D eigenvalue weighted by molar-refractivity contribution is 5.82. The SMILES string of the molecule is NOC1CCNC1=O. The summed E-state index contributed by atoms with van der Waals surface area (Å²) in [6.45, 7) is 0.681. The van der Waals surface area contributed by atoms with E-state index >= 15 is 0 Å². The number of nitrogens with two attached hydrogens (primary N) is 1. The van der Waals surface area contributed by atoms with Crippen LogP contribution in [0.4, 0.5) is 0 Å². The standard InChI is InChI=1S/C4H8N2O2/c5-8-3-1-2-6-4(3)7/h3H,1-2,5H2,(H,6,7). The second-order valence-corrected chi connectivity index (χ2v) is 1.70. The molecule has 0 aromatic heterocycles. The van der Waals surface area contributed by atoms with Crippen LogP contribution in [0.15, 0.2) is 0 Å². The van der Waals surface area contributed by atoms with E-state index in [0.717, 1.165) is 0 Å². The zero-order valence-electron chi connectivity index (χ0n) is 4.39. The number of nitrogens with one attached hydrogen (secondary N) is 1. The van der Waals surface area contributed by atoms with Crippen LogP contribution in [0.2, 0.25) is 0 Å². The van der Waals surface area contributed by atoms with Crippen LogP contribution in [0, 0.1) is 0 Å². The van der Waals surface area contributed by atoms with Crippen LogP contribution in [0.25, 0.3) is 0 Å². The Hall–Kier alpha value is -0.610. The predicted molar refractivity (Wildman–Crippen MR) is 26.7 cm³/mol. The van der Waals surface area contributed by atoms with Gasteiger partial charge in [-0.15, -0.1) is 0 Å². The number of carbonyl (C=O) groups excluding carboxylic acids is 1. The van der Waals surface area contributed by atoms with Crippen LogP contribution >= 0.6 is 0 Å². The van der Waals surface area contributed by atoms with E-state index in [4.69, 9.17) is 5.90 Å². The van der Waals surface area contributed by atoms with E-state index in [1.54, 1.807) is 0 Å². The molecule has 0 radical (unpaired) electrons. The molecule has 1 aliphatic heterocycles. The van der Waals surface area contributed by atoms with Crippen LogP contribution in [0.5, 0.6) is 0 Å². The average molecular weight is 116 g/mol. The number of rotatable bonds is 1. The lowest BCUT2D eigenvalue weighted by Crippen LogP contribution is -2.27. The summed E-state index contributed by atoms with van der Waals surface area (Å²) < 4.78 is 0. The van der Waals surface area contributed by atoms with Gasteiger partial charge in [0.1, 0.15) is 0 Å². The van der Waals surface area contributed by atoms with Crippen molar-refractivity contribution >= 4 is 5.91 Å². The van der Waals surface area contributed by atoms with E-state index in [1.807, 2.05) is 0 Å². The first-order valence-corrected chi connectivity index (χ1v) is 2.48. The molecule has 0 saturated carbocycles. The number of hydrogen-bond acceptors (Lipinski definition) is 3. The smallest absolute Gasteiger partial charge is 0.251 e. The Balaban J connectivity index is 2.42.